The lowest BCUT2D eigenvalue weighted by Gasteiger charge is -2.25. The summed E-state index contributed by atoms with van der Waals surface area (Å²) in [6.45, 7) is 9.35. The third kappa shape index (κ3) is 8.31. The standard InChI is InChI=1S/C19H35N5/c1-6-23(4)15-14-22-19(20-3)21-13-12-17(2)24(5)16-18-10-8-7-9-11-18/h7-11,17H,6,12-16H2,1-5H3,(H2,20,21,22). The van der Waals surface area contributed by atoms with Gasteiger partial charge in [-0.05, 0) is 39.5 Å². The largest absolute Gasteiger partial charge is 0.356 e. The van der Waals surface area contributed by atoms with Crippen LogP contribution in [0.15, 0.2) is 35.3 Å². The maximum absolute atomic E-state index is 4.28. The average molecular weight is 334 g/mol. The van der Waals surface area contributed by atoms with E-state index in [0.29, 0.717) is 6.04 Å². The molecule has 0 radical (unpaired) electrons. The molecule has 2 N–H and O–H groups in total. The van der Waals surface area contributed by atoms with E-state index in [1.165, 1.54) is 5.56 Å². The molecule has 0 fully saturated rings. The Morgan fingerprint density at radius 3 is 2.42 bits per heavy atom. The Morgan fingerprint density at radius 2 is 1.79 bits per heavy atom. The monoisotopic (exact) mass is 333 g/mol. The third-order valence-electron chi connectivity index (χ3n) is 4.43. The number of hydrogen-bond donors (Lipinski definition) is 2. The fourth-order valence-corrected chi connectivity index (χ4v) is 2.39. The molecule has 1 aromatic carbocycles. The van der Waals surface area contributed by atoms with E-state index in [9.17, 15) is 0 Å². The van der Waals surface area contributed by atoms with E-state index in [2.05, 4.69) is 83.7 Å². The first-order valence-corrected chi connectivity index (χ1v) is 8.94. The highest BCUT2D eigenvalue weighted by molar-refractivity contribution is 5.79. The van der Waals surface area contributed by atoms with Crippen molar-refractivity contribution in [2.45, 2.75) is 32.9 Å². The second-order valence-corrected chi connectivity index (χ2v) is 6.36. The topological polar surface area (TPSA) is 42.9 Å². The van der Waals surface area contributed by atoms with Gasteiger partial charge in [-0.2, -0.15) is 0 Å². The number of aliphatic imine (C=N–C) groups is 1. The number of benzene rings is 1. The van der Waals surface area contributed by atoms with Gasteiger partial charge < -0.3 is 15.5 Å². The van der Waals surface area contributed by atoms with E-state index in [4.69, 9.17) is 0 Å². The Kier molecular flexibility index (Phi) is 10.1. The summed E-state index contributed by atoms with van der Waals surface area (Å²) in [5.41, 5.74) is 1.36. The Morgan fingerprint density at radius 1 is 1.12 bits per heavy atom. The van der Waals surface area contributed by atoms with Crippen molar-refractivity contribution in [1.82, 2.24) is 20.4 Å². The Hall–Kier alpha value is -1.59. The Balaban J connectivity index is 2.24. The first-order chi connectivity index (χ1) is 11.6. The summed E-state index contributed by atoms with van der Waals surface area (Å²) in [5.74, 6) is 0.886. The van der Waals surface area contributed by atoms with E-state index < -0.39 is 0 Å². The summed E-state index contributed by atoms with van der Waals surface area (Å²) in [5, 5.41) is 6.77. The van der Waals surface area contributed by atoms with Crippen LogP contribution in [0.4, 0.5) is 0 Å². The molecule has 0 aliphatic heterocycles. The average Bonchev–Trinajstić information content (AvgIpc) is 2.60. The maximum Gasteiger partial charge on any atom is 0.191 e. The summed E-state index contributed by atoms with van der Waals surface area (Å²) in [7, 11) is 6.14. The number of nitrogens with zero attached hydrogens (tertiary/aromatic N) is 3. The van der Waals surface area contributed by atoms with Gasteiger partial charge in [0.15, 0.2) is 5.96 Å². The molecule has 0 bridgehead atoms. The van der Waals surface area contributed by atoms with Crippen molar-refractivity contribution >= 4 is 5.96 Å². The summed E-state index contributed by atoms with van der Waals surface area (Å²) in [6.07, 6.45) is 1.08. The summed E-state index contributed by atoms with van der Waals surface area (Å²) in [6, 6.07) is 11.1. The van der Waals surface area contributed by atoms with Gasteiger partial charge in [0.05, 0.1) is 0 Å². The molecule has 1 aromatic rings. The number of likely N-dealkylation sites (N-methyl/N-ethyl adjacent to an activating group) is 1. The van der Waals surface area contributed by atoms with E-state index in [-0.39, 0.29) is 0 Å². The summed E-state index contributed by atoms with van der Waals surface area (Å²) < 4.78 is 0. The zero-order chi connectivity index (χ0) is 17.8. The van der Waals surface area contributed by atoms with Crippen LogP contribution in [0.3, 0.4) is 0 Å². The second kappa shape index (κ2) is 11.9. The zero-order valence-electron chi connectivity index (χ0n) is 16.0. The number of nitrogens with one attached hydrogen (secondary N) is 2. The lowest BCUT2D eigenvalue weighted by molar-refractivity contribution is 0.238. The molecule has 0 heterocycles. The molecule has 0 aliphatic carbocycles. The second-order valence-electron chi connectivity index (χ2n) is 6.36. The van der Waals surface area contributed by atoms with Gasteiger partial charge in [-0.15, -0.1) is 0 Å². The van der Waals surface area contributed by atoms with E-state index >= 15 is 0 Å². The summed E-state index contributed by atoms with van der Waals surface area (Å²) in [4.78, 5) is 8.95. The summed E-state index contributed by atoms with van der Waals surface area (Å²) >= 11 is 0. The first-order valence-electron chi connectivity index (χ1n) is 8.94. The molecule has 5 heteroatoms. The highest BCUT2D eigenvalue weighted by atomic mass is 15.2. The highest BCUT2D eigenvalue weighted by Crippen LogP contribution is 2.07. The van der Waals surface area contributed by atoms with E-state index in [1.54, 1.807) is 0 Å². The maximum atomic E-state index is 4.28. The lowest BCUT2D eigenvalue weighted by Crippen LogP contribution is -2.42. The van der Waals surface area contributed by atoms with Crippen molar-refractivity contribution < 1.29 is 0 Å². The van der Waals surface area contributed by atoms with E-state index in [0.717, 1.165) is 45.1 Å². The van der Waals surface area contributed by atoms with Crippen molar-refractivity contribution in [2.24, 2.45) is 4.99 Å². The van der Waals surface area contributed by atoms with Gasteiger partial charge in [0.2, 0.25) is 0 Å². The molecule has 24 heavy (non-hydrogen) atoms. The Labute approximate surface area is 148 Å². The molecular weight excluding hydrogens is 298 g/mol. The normalized spacial score (nSPS) is 13.4. The lowest BCUT2D eigenvalue weighted by atomic mass is 10.1. The van der Waals surface area contributed by atoms with Crippen molar-refractivity contribution in [3.63, 3.8) is 0 Å². The molecule has 1 rings (SSSR count). The predicted molar refractivity (Wildman–Crippen MR) is 105 cm³/mol. The van der Waals surface area contributed by atoms with Crippen molar-refractivity contribution in [1.29, 1.82) is 0 Å². The van der Waals surface area contributed by atoms with Gasteiger partial charge in [-0.1, -0.05) is 37.3 Å². The SMILES string of the molecule is CCN(C)CCNC(=NC)NCCC(C)N(C)Cc1ccccc1. The molecule has 0 saturated heterocycles. The van der Waals surface area contributed by atoms with Crippen LogP contribution in [-0.2, 0) is 6.54 Å². The molecule has 0 amide bonds. The van der Waals surface area contributed by atoms with Crippen molar-refractivity contribution in [2.75, 3.05) is 47.3 Å². The molecule has 0 spiro atoms. The van der Waals surface area contributed by atoms with Crippen LogP contribution in [0.2, 0.25) is 0 Å². The smallest absolute Gasteiger partial charge is 0.191 e. The minimum Gasteiger partial charge on any atom is -0.356 e. The molecule has 0 saturated carbocycles. The number of hydrogen-bond acceptors (Lipinski definition) is 3. The molecular formula is C19H35N5. The fraction of sp³-hybridized carbons (Fsp3) is 0.632. The minimum atomic E-state index is 0.516. The van der Waals surface area contributed by atoms with Crippen LogP contribution in [0.5, 0.6) is 0 Å². The number of guanidine groups is 1. The van der Waals surface area contributed by atoms with Crippen LogP contribution in [0.1, 0.15) is 25.8 Å². The Bertz CT molecular complexity index is 460. The van der Waals surface area contributed by atoms with Gasteiger partial charge in [0, 0.05) is 39.3 Å². The minimum absolute atomic E-state index is 0.516. The van der Waals surface area contributed by atoms with Crippen molar-refractivity contribution in [3.05, 3.63) is 35.9 Å². The van der Waals surface area contributed by atoms with Crippen LogP contribution in [-0.4, -0.2) is 69.1 Å². The van der Waals surface area contributed by atoms with Gasteiger partial charge in [-0.25, -0.2) is 0 Å². The molecule has 5 nitrogen and oxygen atoms in total. The zero-order valence-corrected chi connectivity index (χ0v) is 16.0. The van der Waals surface area contributed by atoms with Gasteiger partial charge in [-0.3, -0.25) is 9.89 Å². The molecule has 136 valence electrons. The fourth-order valence-electron chi connectivity index (χ4n) is 2.39. The number of rotatable bonds is 10. The van der Waals surface area contributed by atoms with Crippen LogP contribution < -0.4 is 10.6 Å². The molecule has 1 atom stereocenters. The third-order valence-corrected chi connectivity index (χ3v) is 4.43. The van der Waals surface area contributed by atoms with Crippen LogP contribution in [0.25, 0.3) is 0 Å². The highest BCUT2D eigenvalue weighted by Gasteiger charge is 2.09. The molecule has 0 aromatic heterocycles. The molecule has 0 aliphatic rings. The van der Waals surface area contributed by atoms with Crippen LogP contribution >= 0.6 is 0 Å². The molecule has 1 unspecified atom stereocenters. The van der Waals surface area contributed by atoms with Gasteiger partial charge in [0.1, 0.15) is 0 Å². The van der Waals surface area contributed by atoms with E-state index in [1.807, 2.05) is 7.05 Å². The van der Waals surface area contributed by atoms with Gasteiger partial charge >= 0.3 is 0 Å². The quantitative estimate of drug-likeness (QED) is 0.508. The van der Waals surface area contributed by atoms with Crippen molar-refractivity contribution in [3.8, 4) is 0 Å². The predicted octanol–water partition coefficient (Wildman–Crippen LogP) is 2.01. The van der Waals surface area contributed by atoms with Gasteiger partial charge in [0.25, 0.3) is 0 Å². The first kappa shape index (κ1) is 20.5. The van der Waals surface area contributed by atoms with Crippen LogP contribution in [0, 0.1) is 0 Å².